The van der Waals surface area contributed by atoms with Crippen molar-refractivity contribution in [2.24, 2.45) is 0 Å². The first-order chi connectivity index (χ1) is 26.5. The zero-order chi connectivity index (χ0) is 40.7. The zero-order valence-corrected chi connectivity index (χ0v) is 36.5. The molecule has 316 valence electrons. The molecule has 9 heteroatoms. The number of phosphoric acid groups is 1. The molecule has 0 aromatic rings. The predicted octanol–water partition coefficient (Wildman–Crippen LogP) is 11.8. The van der Waals surface area contributed by atoms with E-state index in [-0.39, 0.29) is 19.1 Å². The Morgan fingerprint density at radius 2 is 1.07 bits per heavy atom. The number of carbonyl (C=O) groups is 1. The largest absolute Gasteiger partial charge is 0.472 e. The molecule has 8 nitrogen and oxygen atoms in total. The standard InChI is InChI=1S/C46H81N2O6P/c1-6-8-10-12-14-16-18-19-20-21-22-23-24-25-26-27-28-29-30-32-34-36-38-40-46(50)47-44(43-54-55(51,52)53-42-41-48(3,4)5)45(49)39-37-35-33-31-17-15-13-11-9-7-2/h8,10,14,16,19-20,22-23,25-26,28-29,32,34,44-45,49H,6-7,9,11-13,15,17-18,21,24,27,30-31,33,35-43H2,1-5H3,(H-,47,50,51,52)/p+1/b10-8-,16-14-,20-19-,23-22-,26-25-,29-28-,34-32-. The van der Waals surface area contributed by atoms with Gasteiger partial charge in [0, 0.05) is 6.42 Å². The molecule has 0 rings (SSSR count). The fraction of sp³-hybridized carbons (Fsp3) is 0.674. The number of phosphoric ester groups is 1. The van der Waals surface area contributed by atoms with Gasteiger partial charge in [0.2, 0.25) is 5.91 Å². The van der Waals surface area contributed by atoms with Crippen LogP contribution in [0.15, 0.2) is 85.1 Å². The minimum absolute atomic E-state index is 0.0586. The van der Waals surface area contributed by atoms with Gasteiger partial charge in [-0.15, -0.1) is 0 Å². The van der Waals surface area contributed by atoms with Gasteiger partial charge in [0.1, 0.15) is 13.2 Å². The number of amides is 1. The molecule has 0 aliphatic rings. The van der Waals surface area contributed by atoms with Gasteiger partial charge in [0.25, 0.3) is 0 Å². The molecule has 3 atom stereocenters. The second kappa shape index (κ2) is 37.3. The number of rotatable bonds is 37. The molecule has 0 aliphatic carbocycles. The van der Waals surface area contributed by atoms with E-state index >= 15 is 0 Å². The molecule has 0 spiro atoms. The van der Waals surface area contributed by atoms with Gasteiger partial charge in [0.05, 0.1) is 39.9 Å². The normalized spacial score (nSPS) is 15.3. The molecule has 0 aliphatic heterocycles. The summed E-state index contributed by atoms with van der Waals surface area (Å²) in [6.45, 7) is 4.68. The van der Waals surface area contributed by atoms with Gasteiger partial charge in [-0.2, -0.15) is 0 Å². The smallest absolute Gasteiger partial charge is 0.391 e. The topological polar surface area (TPSA) is 105 Å². The third kappa shape index (κ3) is 39.7. The third-order valence-corrected chi connectivity index (χ3v) is 9.89. The van der Waals surface area contributed by atoms with Crippen LogP contribution in [0.4, 0.5) is 0 Å². The number of allylic oxidation sites excluding steroid dienone is 14. The lowest BCUT2D eigenvalue weighted by molar-refractivity contribution is -0.870. The number of aliphatic hydroxyl groups is 1. The highest BCUT2D eigenvalue weighted by molar-refractivity contribution is 7.47. The van der Waals surface area contributed by atoms with E-state index in [1.165, 1.54) is 44.9 Å². The maximum absolute atomic E-state index is 12.8. The van der Waals surface area contributed by atoms with Crippen LogP contribution in [0.3, 0.4) is 0 Å². The number of likely N-dealkylation sites (N-methyl/N-ethyl adjacent to an activating group) is 1. The summed E-state index contributed by atoms with van der Waals surface area (Å²) in [6.07, 6.45) is 50.5. The molecule has 3 unspecified atom stereocenters. The highest BCUT2D eigenvalue weighted by atomic mass is 31.2. The molecule has 0 fully saturated rings. The lowest BCUT2D eigenvalue weighted by Crippen LogP contribution is -2.46. The van der Waals surface area contributed by atoms with Crippen molar-refractivity contribution in [1.29, 1.82) is 0 Å². The van der Waals surface area contributed by atoms with E-state index in [1.807, 2.05) is 21.1 Å². The summed E-state index contributed by atoms with van der Waals surface area (Å²) in [5.74, 6) is -0.209. The number of hydrogen-bond acceptors (Lipinski definition) is 5. The second-order valence-electron chi connectivity index (χ2n) is 15.3. The molecular formula is C46H82N2O6P+. The number of aliphatic hydroxyl groups excluding tert-OH is 1. The van der Waals surface area contributed by atoms with E-state index in [9.17, 15) is 19.4 Å². The minimum Gasteiger partial charge on any atom is -0.391 e. The van der Waals surface area contributed by atoms with Crippen molar-refractivity contribution in [3.05, 3.63) is 85.1 Å². The Kier molecular flexibility index (Phi) is 35.7. The van der Waals surface area contributed by atoms with Crippen LogP contribution in [-0.4, -0.2) is 73.4 Å². The van der Waals surface area contributed by atoms with Crippen molar-refractivity contribution in [2.45, 2.75) is 161 Å². The van der Waals surface area contributed by atoms with E-state index in [0.29, 0.717) is 30.3 Å². The van der Waals surface area contributed by atoms with Crippen molar-refractivity contribution in [3.8, 4) is 0 Å². The van der Waals surface area contributed by atoms with Crippen LogP contribution in [-0.2, 0) is 18.4 Å². The number of hydrogen-bond donors (Lipinski definition) is 3. The molecule has 0 bridgehead atoms. The third-order valence-electron chi connectivity index (χ3n) is 8.91. The van der Waals surface area contributed by atoms with E-state index in [4.69, 9.17) is 9.05 Å². The maximum Gasteiger partial charge on any atom is 0.472 e. The van der Waals surface area contributed by atoms with Crippen LogP contribution in [0, 0.1) is 0 Å². The average Bonchev–Trinajstić information content (AvgIpc) is 3.13. The van der Waals surface area contributed by atoms with E-state index < -0.39 is 20.0 Å². The first kappa shape index (κ1) is 52.7. The van der Waals surface area contributed by atoms with Crippen LogP contribution in [0.5, 0.6) is 0 Å². The first-order valence-corrected chi connectivity index (χ1v) is 22.9. The van der Waals surface area contributed by atoms with Gasteiger partial charge < -0.3 is 19.8 Å². The molecule has 0 heterocycles. The van der Waals surface area contributed by atoms with Gasteiger partial charge in [-0.25, -0.2) is 4.57 Å². The van der Waals surface area contributed by atoms with Crippen LogP contribution in [0.2, 0.25) is 0 Å². The summed E-state index contributed by atoms with van der Waals surface area (Å²) in [7, 11) is 1.56. The van der Waals surface area contributed by atoms with Crippen LogP contribution < -0.4 is 5.32 Å². The van der Waals surface area contributed by atoms with Crippen LogP contribution in [0.1, 0.15) is 149 Å². The van der Waals surface area contributed by atoms with E-state index in [1.54, 1.807) is 0 Å². The van der Waals surface area contributed by atoms with E-state index in [0.717, 1.165) is 70.6 Å². The van der Waals surface area contributed by atoms with Crippen molar-refractivity contribution in [1.82, 2.24) is 5.32 Å². The summed E-state index contributed by atoms with van der Waals surface area (Å²) >= 11 is 0. The predicted molar refractivity (Wildman–Crippen MR) is 235 cm³/mol. The fourth-order valence-electron chi connectivity index (χ4n) is 5.50. The summed E-state index contributed by atoms with van der Waals surface area (Å²) in [5.41, 5.74) is 0. The summed E-state index contributed by atoms with van der Waals surface area (Å²) in [5, 5.41) is 13.8. The minimum atomic E-state index is -4.33. The maximum atomic E-state index is 12.8. The van der Waals surface area contributed by atoms with Crippen molar-refractivity contribution >= 4 is 13.7 Å². The Labute approximate surface area is 337 Å². The molecule has 3 N–H and O–H groups in total. The number of unbranched alkanes of at least 4 members (excludes halogenated alkanes) is 10. The number of nitrogens with zero attached hydrogens (tertiary/aromatic N) is 1. The summed E-state index contributed by atoms with van der Waals surface area (Å²) < 4.78 is 23.5. The molecule has 0 radical (unpaired) electrons. The lowest BCUT2D eigenvalue weighted by Gasteiger charge is -2.26. The Hall–Kier alpha value is -2.32. The number of nitrogens with one attached hydrogen (secondary N) is 1. The first-order valence-electron chi connectivity index (χ1n) is 21.5. The quantitative estimate of drug-likeness (QED) is 0.0251. The highest BCUT2D eigenvalue weighted by Gasteiger charge is 2.28. The monoisotopic (exact) mass is 790 g/mol. The van der Waals surface area contributed by atoms with Crippen molar-refractivity contribution < 1.29 is 32.9 Å². The van der Waals surface area contributed by atoms with Crippen LogP contribution >= 0.6 is 7.82 Å². The molecule has 0 saturated heterocycles. The van der Waals surface area contributed by atoms with Gasteiger partial charge >= 0.3 is 7.82 Å². The molecule has 1 amide bonds. The molecule has 0 saturated carbocycles. The van der Waals surface area contributed by atoms with E-state index in [2.05, 4.69) is 104 Å². The zero-order valence-electron chi connectivity index (χ0n) is 35.6. The number of quaternary nitrogens is 1. The van der Waals surface area contributed by atoms with Crippen molar-refractivity contribution in [2.75, 3.05) is 40.9 Å². The lowest BCUT2D eigenvalue weighted by atomic mass is 10.0. The van der Waals surface area contributed by atoms with Crippen molar-refractivity contribution in [3.63, 3.8) is 0 Å². The Morgan fingerprint density at radius 1 is 0.636 bits per heavy atom. The van der Waals surface area contributed by atoms with Gasteiger partial charge in [-0.1, -0.05) is 163 Å². The molecule has 0 aromatic carbocycles. The Balaban J connectivity index is 4.46. The molecule has 0 aromatic heterocycles. The highest BCUT2D eigenvalue weighted by Crippen LogP contribution is 2.43. The average molecular weight is 790 g/mol. The van der Waals surface area contributed by atoms with Gasteiger partial charge in [-0.05, 0) is 64.2 Å². The van der Waals surface area contributed by atoms with Gasteiger partial charge in [0.15, 0.2) is 0 Å². The Morgan fingerprint density at radius 3 is 1.53 bits per heavy atom. The Bertz CT molecular complexity index is 1170. The SMILES string of the molecule is CC/C=C\C/C=C\C/C=C\C/C=C\C/C=C\C/C=C\C/C=C\CCCC(=O)NC(COP(=O)(O)OCC[N+](C)(C)C)C(O)CCCCCCCCCCCC. The molecular weight excluding hydrogens is 707 g/mol. The molecule has 55 heavy (non-hydrogen) atoms. The summed E-state index contributed by atoms with van der Waals surface area (Å²) in [6, 6.07) is -0.794. The second-order valence-corrected chi connectivity index (χ2v) is 16.8. The fourth-order valence-corrected chi connectivity index (χ4v) is 6.24. The van der Waals surface area contributed by atoms with Gasteiger partial charge in [-0.3, -0.25) is 13.8 Å². The van der Waals surface area contributed by atoms with Crippen LogP contribution in [0.25, 0.3) is 0 Å². The summed E-state index contributed by atoms with van der Waals surface area (Å²) in [4.78, 5) is 23.1. The number of carbonyl (C=O) groups excluding carboxylic acids is 1.